The van der Waals surface area contributed by atoms with E-state index in [0.717, 1.165) is 31.9 Å². The van der Waals surface area contributed by atoms with Gasteiger partial charge in [-0.15, -0.1) is 0 Å². The Kier molecular flexibility index (Phi) is 11.8. The van der Waals surface area contributed by atoms with Crippen molar-refractivity contribution in [3.8, 4) is 0 Å². The van der Waals surface area contributed by atoms with Gasteiger partial charge in [-0.25, -0.2) is 15.4 Å². The van der Waals surface area contributed by atoms with Crippen LogP contribution in [0.25, 0.3) is 10.8 Å². The molecule has 1 fully saturated rings. The SMILES string of the molecule is CC.CN1CCN(c2ncc(C(=O)NO)cn2)CC1.CSCc1ccc2cc(N(C)C)ccc2c1. The lowest BCUT2D eigenvalue weighted by Crippen LogP contribution is -2.45. The van der Waals surface area contributed by atoms with Crippen LogP contribution in [-0.4, -0.2) is 79.6 Å². The van der Waals surface area contributed by atoms with E-state index in [4.69, 9.17) is 5.21 Å². The summed E-state index contributed by atoms with van der Waals surface area (Å²) in [5.74, 6) is 1.10. The molecule has 0 spiro atoms. The lowest BCUT2D eigenvalue weighted by Gasteiger charge is -2.32. The van der Waals surface area contributed by atoms with Crippen LogP contribution in [0.15, 0.2) is 48.8 Å². The monoisotopic (exact) mass is 498 g/mol. The number of thioether (sulfide) groups is 1. The van der Waals surface area contributed by atoms with Crippen molar-refractivity contribution in [2.45, 2.75) is 19.6 Å². The Morgan fingerprint density at radius 2 is 1.63 bits per heavy atom. The van der Waals surface area contributed by atoms with Crippen molar-refractivity contribution in [1.29, 1.82) is 0 Å². The largest absolute Gasteiger partial charge is 0.378 e. The van der Waals surface area contributed by atoms with Crippen LogP contribution in [0.1, 0.15) is 29.8 Å². The molecule has 4 rings (SSSR count). The third-order valence-electron chi connectivity index (χ3n) is 5.50. The Labute approximate surface area is 213 Å². The topological polar surface area (TPSA) is 84.8 Å². The van der Waals surface area contributed by atoms with Crippen LogP contribution in [0.2, 0.25) is 0 Å². The molecule has 1 aliphatic heterocycles. The van der Waals surface area contributed by atoms with Crippen molar-refractivity contribution in [2.24, 2.45) is 0 Å². The highest BCUT2D eigenvalue weighted by Gasteiger charge is 2.16. The fourth-order valence-corrected chi connectivity index (χ4v) is 4.00. The summed E-state index contributed by atoms with van der Waals surface area (Å²) >= 11 is 1.86. The molecule has 2 heterocycles. The van der Waals surface area contributed by atoms with Crippen LogP contribution in [0.5, 0.6) is 0 Å². The molecule has 0 unspecified atom stereocenters. The summed E-state index contributed by atoms with van der Waals surface area (Å²) in [6.45, 7) is 7.70. The maximum absolute atomic E-state index is 11.1. The molecule has 35 heavy (non-hydrogen) atoms. The van der Waals surface area contributed by atoms with Gasteiger partial charge in [-0.2, -0.15) is 11.8 Å². The molecule has 2 aromatic carbocycles. The van der Waals surface area contributed by atoms with E-state index in [9.17, 15) is 4.79 Å². The van der Waals surface area contributed by atoms with Crippen molar-refractivity contribution in [3.05, 3.63) is 59.9 Å². The molecule has 0 atom stereocenters. The normalized spacial score (nSPS) is 13.3. The van der Waals surface area contributed by atoms with Crippen LogP contribution >= 0.6 is 11.8 Å². The number of anilines is 2. The van der Waals surface area contributed by atoms with Crippen molar-refractivity contribution < 1.29 is 10.0 Å². The highest BCUT2D eigenvalue weighted by molar-refractivity contribution is 7.97. The average molecular weight is 499 g/mol. The van der Waals surface area contributed by atoms with Gasteiger partial charge in [-0.3, -0.25) is 10.0 Å². The van der Waals surface area contributed by atoms with Gasteiger partial charge < -0.3 is 14.7 Å². The summed E-state index contributed by atoms with van der Waals surface area (Å²) in [4.78, 5) is 25.8. The molecule has 2 N–H and O–H groups in total. The summed E-state index contributed by atoms with van der Waals surface area (Å²) < 4.78 is 0. The summed E-state index contributed by atoms with van der Waals surface area (Å²) in [6, 6.07) is 13.3. The van der Waals surface area contributed by atoms with Crippen LogP contribution in [-0.2, 0) is 5.75 Å². The number of aromatic nitrogens is 2. The number of likely N-dealkylation sites (N-methyl/N-ethyl adjacent to an activating group) is 1. The van der Waals surface area contributed by atoms with E-state index in [1.165, 1.54) is 34.4 Å². The third-order valence-corrected chi connectivity index (χ3v) is 6.13. The van der Waals surface area contributed by atoms with Crippen molar-refractivity contribution in [2.75, 3.05) is 63.4 Å². The van der Waals surface area contributed by atoms with Crippen LogP contribution in [0.4, 0.5) is 11.6 Å². The standard InChI is InChI=1S/C14H17NS.C10H15N5O2.C2H6/c1-15(2)14-7-6-12-8-11(10-16-3)4-5-13(12)9-14;1-14-2-4-15(5-3-14)10-11-6-8(7-12-10)9(16)13-17;1-2/h4-9H,10H2,1-3H3;6-7,17H,2-5H2,1H3,(H,13,16);1-2H3. The second kappa shape index (κ2) is 14.5. The first-order chi connectivity index (χ1) is 16.9. The predicted molar refractivity (Wildman–Crippen MR) is 148 cm³/mol. The minimum atomic E-state index is -0.602. The van der Waals surface area contributed by atoms with Crippen LogP contribution in [0.3, 0.4) is 0 Å². The first-order valence-electron chi connectivity index (χ1n) is 11.8. The van der Waals surface area contributed by atoms with Gasteiger partial charge in [0.1, 0.15) is 0 Å². The zero-order chi connectivity index (χ0) is 25.8. The summed E-state index contributed by atoms with van der Waals surface area (Å²) in [5, 5.41) is 11.1. The minimum absolute atomic E-state index is 0.241. The number of carbonyl (C=O) groups excluding carboxylic acids is 1. The lowest BCUT2D eigenvalue weighted by atomic mass is 10.1. The Morgan fingerprint density at radius 1 is 1.03 bits per heavy atom. The minimum Gasteiger partial charge on any atom is -0.378 e. The molecule has 1 aliphatic rings. The van der Waals surface area contributed by atoms with Crippen molar-refractivity contribution in [1.82, 2.24) is 20.3 Å². The van der Waals surface area contributed by atoms with Gasteiger partial charge in [-0.05, 0) is 41.8 Å². The van der Waals surface area contributed by atoms with E-state index in [0.29, 0.717) is 5.95 Å². The summed E-state index contributed by atoms with van der Waals surface area (Å²) in [5.41, 5.74) is 4.44. The van der Waals surface area contributed by atoms with E-state index in [1.807, 2.05) is 25.6 Å². The van der Waals surface area contributed by atoms with Gasteiger partial charge in [0.2, 0.25) is 5.95 Å². The second-order valence-corrected chi connectivity index (χ2v) is 9.06. The van der Waals surface area contributed by atoms with Gasteiger partial charge >= 0.3 is 0 Å². The molecule has 9 heteroatoms. The van der Waals surface area contributed by atoms with Crippen molar-refractivity contribution in [3.63, 3.8) is 0 Å². The molecule has 1 aromatic heterocycles. The fraction of sp³-hybridized carbons (Fsp3) is 0.423. The number of amides is 1. The first kappa shape index (κ1) is 28.4. The van der Waals surface area contributed by atoms with Gasteiger partial charge in [0.25, 0.3) is 5.91 Å². The van der Waals surface area contributed by atoms with E-state index in [2.05, 4.69) is 88.5 Å². The number of piperazine rings is 1. The molecule has 190 valence electrons. The number of nitrogens with zero attached hydrogens (tertiary/aromatic N) is 5. The fourth-order valence-electron chi connectivity index (χ4n) is 3.49. The predicted octanol–water partition coefficient (Wildman–Crippen LogP) is 4.14. The second-order valence-electron chi connectivity index (χ2n) is 8.20. The van der Waals surface area contributed by atoms with E-state index in [1.54, 1.807) is 5.48 Å². The van der Waals surface area contributed by atoms with E-state index < -0.39 is 5.91 Å². The molecule has 3 aromatic rings. The molecule has 0 bridgehead atoms. The van der Waals surface area contributed by atoms with Crippen molar-refractivity contribution >= 4 is 40.1 Å². The molecule has 0 aliphatic carbocycles. The summed E-state index contributed by atoms with van der Waals surface area (Å²) in [6.07, 6.45) is 4.96. The first-order valence-corrected chi connectivity index (χ1v) is 13.2. The maximum Gasteiger partial charge on any atom is 0.277 e. The van der Waals surface area contributed by atoms with Crippen LogP contribution < -0.4 is 15.3 Å². The molecular formula is C26H38N6O2S. The molecular weight excluding hydrogens is 460 g/mol. The maximum atomic E-state index is 11.1. The number of nitrogens with one attached hydrogen (secondary N) is 1. The number of benzene rings is 2. The van der Waals surface area contributed by atoms with E-state index in [-0.39, 0.29) is 5.56 Å². The Bertz CT molecular complexity index is 1050. The Balaban J connectivity index is 0.000000231. The van der Waals surface area contributed by atoms with Gasteiger partial charge in [-0.1, -0.05) is 38.1 Å². The number of carbonyl (C=O) groups is 1. The third kappa shape index (κ3) is 8.38. The smallest absolute Gasteiger partial charge is 0.277 e. The number of hydroxylamine groups is 1. The number of hydrogen-bond donors (Lipinski definition) is 2. The number of fused-ring (bicyclic) bond motifs is 1. The molecule has 0 radical (unpaired) electrons. The molecule has 1 saturated heterocycles. The highest BCUT2D eigenvalue weighted by Crippen LogP contribution is 2.23. The average Bonchev–Trinajstić information content (AvgIpc) is 2.90. The van der Waals surface area contributed by atoms with Gasteiger partial charge in [0, 0.05) is 64.1 Å². The quantitative estimate of drug-likeness (QED) is 0.401. The number of hydrogen-bond acceptors (Lipinski definition) is 8. The highest BCUT2D eigenvalue weighted by atomic mass is 32.2. The number of rotatable bonds is 5. The Hall–Kier alpha value is -2.88. The van der Waals surface area contributed by atoms with Gasteiger partial charge in [0.05, 0.1) is 5.56 Å². The molecule has 8 nitrogen and oxygen atoms in total. The summed E-state index contributed by atoms with van der Waals surface area (Å²) in [7, 11) is 6.22. The lowest BCUT2D eigenvalue weighted by molar-refractivity contribution is 0.0705. The van der Waals surface area contributed by atoms with Gasteiger partial charge in [0.15, 0.2) is 0 Å². The van der Waals surface area contributed by atoms with Crippen LogP contribution in [0, 0.1) is 0 Å². The van der Waals surface area contributed by atoms with E-state index >= 15 is 0 Å². The zero-order valence-electron chi connectivity index (χ0n) is 21.7. The molecule has 0 saturated carbocycles. The molecule has 1 amide bonds. The zero-order valence-corrected chi connectivity index (χ0v) is 22.5. The Morgan fingerprint density at radius 3 is 2.20 bits per heavy atom.